The van der Waals surface area contributed by atoms with Crippen LogP contribution in [0, 0.1) is 0 Å². The molecule has 2 aliphatic heterocycles. The number of hydrogen-bond acceptors (Lipinski definition) is 6. The van der Waals surface area contributed by atoms with Crippen LogP contribution in [0.2, 0.25) is 0 Å². The molecule has 2 heterocycles. The summed E-state index contributed by atoms with van der Waals surface area (Å²) in [6.45, 7) is 6.51. The van der Waals surface area contributed by atoms with Crippen molar-refractivity contribution in [3.8, 4) is 11.5 Å². The van der Waals surface area contributed by atoms with Crippen molar-refractivity contribution >= 4 is 5.91 Å². The van der Waals surface area contributed by atoms with Gasteiger partial charge in [-0.25, -0.2) is 0 Å². The van der Waals surface area contributed by atoms with Crippen LogP contribution in [0.25, 0.3) is 0 Å². The summed E-state index contributed by atoms with van der Waals surface area (Å²) < 4.78 is 10.7. The number of nitrogens with zero attached hydrogens (tertiary/aromatic N) is 2. The van der Waals surface area contributed by atoms with Crippen LogP contribution in [0.15, 0.2) is 42.5 Å². The first-order chi connectivity index (χ1) is 15.6. The molecule has 1 saturated heterocycles. The van der Waals surface area contributed by atoms with E-state index >= 15 is 0 Å². The van der Waals surface area contributed by atoms with Crippen LogP contribution >= 0.6 is 0 Å². The van der Waals surface area contributed by atoms with Gasteiger partial charge < -0.3 is 19.9 Å². The average Bonchev–Trinajstić information content (AvgIpc) is 2.83. The molecule has 2 aromatic rings. The van der Waals surface area contributed by atoms with E-state index in [9.17, 15) is 9.90 Å². The van der Waals surface area contributed by atoms with Crippen molar-refractivity contribution < 1.29 is 19.4 Å². The molecular weight excluding hydrogens is 406 g/mol. The van der Waals surface area contributed by atoms with E-state index in [1.165, 1.54) is 11.1 Å². The summed E-state index contributed by atoms with van der Waals surface area (Å²) >= 11 is 0. The Labute approximate surface area is 189 Å². The van der Waals surface area contributed by atoms with E-state index in [1.807, 2.05) is 24.3 Å². The molecule has 1 unspecified atom stereocenters. The van der Waals surface area contributed by atoms with E-state index < -0.39 is 0 Å². The molecule has 4 rings (SSSR count). The summed E-state index contributed by atoms with van der Waals surface area (Å²) in [6.07, 6.45) is 1.63. The fourth-order valence-corrected chi connectivity index (χ4v) is 4.51. The van der Waals surface area contributed by atoms with Gasteiger partial charge in [-0.3, -0.25) is 14.6 Å². The normalized spacial score (nSPS) is 19.3. The monoisotopic (exact) mass is 439 g/mol. The van der Waals surface area contributed by atoms with Gasteiger partial charge in [-0.05, 0) is 48.2 Å². The van der Waals surface area contributed by atoms with Crippen LogP contribution in [0.3, 0.4) is 0 Å². The van der Waals surface area contributed by atoms with Crippen LogP contribution in [-0.4, -0.2) is 73.4 Å². The lowest BCUT2D eigenvalue weighted by Gasteiger charge is -2.36. The van der Waals surface area contributed by atoms with Gasteiger partial charge in [0.15, 0.2) is 11.5 Å². The summed E-state index contributed by atoms with van der Waals surface area (Å²) in [5.74, 6) is 0.644. The minimum atomic E-state index is -0.229. The molecule has 7 nitrogen and oxygen atoms in total. The van der Waals surface area contributed by atoms with E-state index in [2.05, 4.69) is 27.2 Å². The van der Waals surface area contributed by atoms with Gasteiger partial charge in [-0.2, -0.15) is 0 Å². The highest BCUT2D eigenvalue weighted by Gasteiger charge is 2.31. The Hall–Kier alpha value is -2.61. The van der Waals surface area contributed by atoms with E-state index in [0.717, 1.165) is 44.8 Å². The third-order valence-corrected chi connectivity index (χ3v) is 6.33. The molecule has 172 valence electrons. The molecule has 1 atom stereocenters. The molecule has 1 amide bonds. The summed E-state index contributed by atoms with van der Waals surface area (Å²) in [6, 6.07) is 13.5. The third-order valence-electron chi connectivity index (χ3n) is 6.33. The Morgan fingerprint density at radius 1 is 1.19 bits per heavy atom. The van der Waals surface area contributed by atoms with E-state index in [4.69, 9.17) is 9.47 Å². The smallest absolute Gasteiger partial charge is 0.237 e. The molecule has 2 aliphatic rings. The quantitative estimate of drug-likeness (QED) is 0.614. The van der Waals surface area contributed by atoms with E-state index in [0.29, 0.717) is 31.8 Å². The molecule has 2 N–H and O–H groups in total. The maximum absolute atomic E-state index is 13.2. The number of carbonyl (C=O) groups is 1. The van der Waals surface area contributed by atoms with Crippen LogP contribution in [0.4, 0.5) is 0 Å². The molecule has 0 aromatic heterocycles. The molecule has 32 heavy (non-hydrogen) atoms. The summed E-state index contributed by atoms with van der Waals surface area (Å²) in [5, 5.41) is 13.1. The molecule has 0 saturated carbocycles. The average molecular weight is 440 g/mol. The number of hydrogen-bond donors (Lipinski definition) is 2. The van der Waals surface area contributed by atoms with Gasteiger partial charge in [0.2, 0.25) is 5.91 Å². The second kappa shape index (κ2) is 10.8. The number of rotatable bonds is 8. The fourth-order valence-electron chi connectivity index (χ4n) is 4.51. The van der Waals surface area contributed by atoms with Gasteiger partial charge in [-0.15, -0.1) is 0 Å². The van der Waals surface area contributed by atoms with Gasteiger partial charge in [0.25, 0.3) is 0 Å². The standard InChI is InChI=1S/C25H33N3O4/c1-31-24-15-19(7-8-23(24)29)17-28-18-21-6-3-2-5-20(21)16-22(28)25(30)26-9-4-10-27-11-13-32-14-12-27/h2-3,5-8,15,22,29H,4,9-14,16-18H2,1H3,(H,26,30). The molecule has 7 heteroatoms. The summed E-state index contributed by atoms with van der Waals surface area (Å²) in [5.41, 5.74) is 3.50. The van der Waals surface area contributed by atoms with Crippen molar-refractivity contribution in [2.75, 3.05) is 46.5 Å². The van der Waals surface area contributed by atoms with Crippen LogP contribution in [0.5, 0.6) is 11.5 Å². The molecule has 0 bridgehead atoms. The van der Waals surface area contributed by atoms with Crippen molar-refractivity contribution in [2.45, 2.75) is 32.0 Å². The maximum atomic E-state index is 13.2. The Kier molecular flexibility index (Phi) is 7.63. The molecule has 0 aliphatic carbocycles. The Balaban J connectivity index is 1.40. The lowest BCUT2D eigenvalue weighted by Crippen LogP contribution is -2.50. The molecule has 0 radical (unpaired) electrons. The first kappa shape index (κ1) is 22.6. The number of methoxy groups -OCH3 is 1. The first-order valence-electron chi connectivity index (χ1n) is 11.4. The maximum Gasteiger partial charge on any atom is 0.237 e. The van der Waals surface area contributed by atoms with Crippen molar-refractivity contribution in [1.82, 2.24) is 15.1 Å². The lowest BCUT2D eigenvalue weighted by atomic mass is 9.93. The van der Waals surface area contributed by atoms with Gasteiger partial charge >= 0.3 is 0 Å². The number of benzene rings is 2. The highest BCUT2D eigenvalue weighted by molar-refractivity contribution is 5.82. The van der Waals surface area contributed by atoms with E-state index in [-0.39, 0.29) is 17.7 Å². The van der Waals surface area contributed by atoms with Crippen molar-refractivity contribution in [3.05, 3.63) is 59.2 Å². The third kappa shape index (κ3) is 5.59. The van der Waals surface area contributed by atoms with Crippen LogP contribution in [0.1, 0.15) is 23.1 Å². The zero-order valence-electron chi connectivity index (χ0n) is 18.8. The number of amides is 1. The minimum absolute atomic E-state index is 0.0761. The Bertz CT molecular complexity index is 914. The van der Waals surface area contributed by atoms with Crippen LogP contribution < -0.4 is 10.1 Å². The van der Waals surface area contributed by atoms with Gasteiger partial charge in [0.1, 0.15) is 0 Å². The number of phenols is 1. The number of aromatic hydroxyl groups is 1. The summed E-state index contributed by atoms with van der Waals surface area (Å²) in [4.78, 5) is 17.8. The molecule has 0 spiro atoms. The van der Waals surface area contributed by atoms with Crippen molar-refractivity contribution in [3.63, 3.8) is 0 Å². The van der Waals surface area contributed by atoms with Crippen molar-refractivity contribution in [2.24, 2.45) is 0 Å². The molecular formula is C25H33N3O4. The van der Waals surface area contributed by atoms with Gasteiger partial charge in [0, 0.05) is 32.7 Å². The van der Waals surface area contributed by atoms with Gasteiger partial charge in [-0.1, -0.05) is 30.3 Å². The molecule has 1 fully saturated rings. The second-order valence-electron chi connectivity index (χ2n) is 8.50. The zero-order chi connectivity index (χ0) is 22.3. The predicted octanol–water partition coefficient (Wildman–Crippen LogP) is 2.17. The van der Waals surface area contributed by atoms with Crippen molar-refractivity contribution in [1.29, 1.82) is 0 Å². The lowest BCUT2D eigenvalue weighted by molar-refractivity contribution is -0.127. The number of nitrogens with one attached hydrogen (secondary N) is 1. The Morgan fingerprint density at radius 3 is 2.75 bits per heavy atom. The summed E-state index contributed by atoms with van der Waals surface area (Å²) in [7, 11) is 1.54. The zero-order valence-corrected chi connectivity index (χ0v) is 18.8. The minimum Gasteiger partial charge on any atom is -0.504 e. The second-order valence-corrected chi connectivity index (χ2v) is 8.50. The molecule has 2 aromatic carbocycles. The predicted molar refractivity (Wildman–Crippen MR) is 123 cm³/mol. The largest absolute Gasteiger partial charge is 0.504 e. The SMILES string of the molecule is COc1cc(CN2Cc3ccccc3CC2C(=O)NCCCN2CCOCC2)ccc1O. The topological polar surface area (TPSA) is 74.3 Å². The van der Waals surface area contributed by atoms with E-state index in [1.54, 1.807) is 13.2 Å². The Morgan fingerprint density at radius 2 is 1.97 bits per heavy atom. The number of fused-ring (bicyclic) bond motifs is 1. The highest BCUT2D eigenvalue weighted by Crippen LogP contribution is 2.29. The number of phenolic OH excluding ortho intramolecular Hbond substituents is 1. The van der Waals surface area contributed by atoms with Gasteiger partial charge in [0.05, 0.1) is 26.4 Å². The number of ether oxygens (including phenoxy) is 2. The number of carbonyl (C=O) groups excluding carboxylic acids is 1. The number of morpholine rings is 1. The van der Waals surface area contributed by atoms with Crippen LogP contribution in [-0.2, 0) is 29.0 Å². The fraction of sp³-hybridized carbons (Fsp3) is 0.480. The first-order valence-corrected chi connectivity index (χ1v) is 11.4. The highest BCUT2D eigenvalue weighted by atomic mass is 16.5.